The zero-order valence-corrected chi connectivity index (χ0v) is 16.7. The Morgan fingerprint density at radius 3 is 2.69 bits per heavy atom. The van der Waals surface area contributed by atoms with Crippen LogP contribution in [-0.2, 0) is 6.42 Å². The Morgan fingerprint density at radius 1 is 0.966 bits per heavy atom. The molecule has 0 amide bonds. The quantitative estimate of drug-likeness (QED) is 0.676. The van der Waals surface area contributed by atoms with Gasteiger partial charge in [0, 0.05) is 23.4 Å². The highest BCUT2D eigenvalue weighted by atomic mass is 16.7. The summed E-state index contributed by atoms with van der Waals surface area (Å²) in [5.74, 6) is 3.54. The van der Waals surface area contributed by atoms with Crippen molar-refractivity contribution >= 4 is 11.8 Å². The molecule has 0 N–H and O–H groups in total. The maximum atomic E-state index is 5.93. The lowest BCUT2D eigenvalue weighted by atomic mass is 9.84. The van der Waals surface area contributed by atoms with Crippen molar-refractivity contribution in [3.8, 4) is 23.0 Å². The summed E-state index contributed by atoms with van der Waals surface area (Å²) in [4.78, 5) is 2.57. The number of benzene rings is 2. The van der Waals surface area contributed by atoms with Crippen LogP contribution in [0.3, 0.4) is 0 Å². The van der Waals surface area contributed by atoms with Gasteiger partial charge >= 0.3 is 0 Å². The summed E-state index contributed by atoms with van der Waals surface area (Å²) in [6.07, 6.45) is 8.13. The van der Waals surface area contributed by atoms with Gasteiger partial charge in [-0.05, 0) is 48.2 Å². The van der Waals surface area contributed by atoms with Crippen LogP contribution >= 0.6 is 0 Å². The molecular weight excluding hydrogens is 366 g/mol. The van der Waals surface area contributed by atoms with Gasteiger partial charge in [-0.2, -0.15) is 0 Å². The Labute approximate surface area is 170 Å². The molecule has 4 heterocycles. The van der Waals surface area contributed by atoms with E-state index in [1.165, 1.54) is 47.2 Å². The van der Waals surface area contributed by atoms with Crippen LogP contribution in [-0.4, -0.2) is 25.0 Å². The van der Waals surface area contributed by atoms with Crippen LogP contribution in [0.5, 0.6) is 23.0 Å². The lowest BCUT2D eigenvalue weighted by Gasteiger charge is -2.43. The van der Waals surface area contributed by atoms with E-state index in [0.717, 1.165) is 42.4 Å². The van der Waals surface area contributed by atoms with Crippen LogP contribution in [0.2, 0.25) is 0 Å². The molecule has 0 aliphatic carbocycles. The van der Waals surface area contributed by atoms with Crippen molar-refractivity contribution in [2.24, 2.45) is 0 Å². The van der Waals surface area contributed by atoms with Crippen molar-refractivity contribution in [2.45, 2.75) is 45.1 Å². The molecule has 5 heteroatoms. The molecular formula is C24H25NO4. The minimum atomic E-state index is 0.312. The number of ether oxygens (including phenoxy) is 4. The van der Waals surface area contributed by atoms with E-state index in [4.69, 9.17) is 18.9 Å². The molecule has 4 aliphatic heterocycles. The zero-order valence-electron chi connectivity index (χ0n) is 16.7. The Balaban J connectivity index is 1.49. The molecule has 0 bridgehead atoms. The summed E-state index contributed by atoms with van der Waals surface area (Å²) in [6, 6.07) is 8.86. The van der Waals surface area contributed by atoms with Crippen molar-refractivity contribution in [1.29, 1.82) is 0 Å². The Kier molecular flexibility index (Phi) is 3.89. The second-order valence-corrected chi connectivity index (χ2v) is 8.15. The van der Waals surface area contributed by atoms with E-state index in [0.29, 0.717) is 19.6 Å². The maximum Gasteiger partial charge on any atom is 0.231 e. The van der Waals surface area contributed by atoms with E-state index < -0.39 is 0 Å². The van der Waals surface area contributed by atoms with E-state index in [9.17, 15) is 0 Å². The fraction of sp³-hybridized carbons (Fsp3) is 0.417. The van der Waals surface area contributed by atoms with Crippen LogP contribution in [0, 0.1) is 0 Å². The molecule has 0 saturated heterocycles. The first-order chi connectivity index (χ1) is 14.3. The van der Waals surface area contributed by atoms with Gasteiger partial charge in [0.25, 0.3) is 0 Å². The van der Waals surface area contributed by atoms with E-state index in [1.807, 2.05) is 6.07 Å². The molecule has 29 heavy (non-hydrogen) atoms. The molecule has 0 spiro atoms. The monoisotopic (exact) mass is 391 g/mol. The van der Waals surface area contributed by atoms with E-state index in [-0.39, 0.29) is 0 Å². The number of hydrogen-bond donors (Lipinski definition) is 0. The fourth-order valence-corrected chi connectivity index (χ4v) is 5.10. The minimum absolute atomic E-state index is 0.312. The first-order valence-corrected chi connectivity index (χ1v) is 10.7. The predicted molar refractivity (Wildman–Crippen MR) is 110 cm³/mol. The molecule has 1 unspecified atom stereocenters. The number of fused-ring (bicyclic) bond motifs is 7. The highest BCUT2D eigenvalue weighted by Gasteiger charge is 2.37. The van der Waals surface area contributed by atoms with Gasteiger partial charge in [-0.3, -0.25) is 0 Å². The second kappa shape index (κ2) is 6.61. The smallest absolute Gasteiger partial charge is 0.231 e. The topological polar surface area (TPSA) is 40.2 Å². The van der Waals surface area contributed by atoms with Gasteiger partial charge < -0.3 is 23.8 Å². The van der Waals surface area contributed by atoms with Crippen LogP contribution < -0.4 is 18.9 Å². The fourth-order valence-electron chi connectivity index (χ4n) is 5.10. The number of unbranched alkanes of at least 4 members (excludes halogenated alkanes) is 2. The Morgan fingerprint density at radius 2 is 1.79 bits per heavy atom. The predicted octanol–water partition coefficient (Wildman–Crippen LogP) is 5.14. The molecule has 2 aromatic rings. The average molecular weight is 391 g/mol. The average Bonchev–Trinajstić information content (AvgIpc) is 3.40. The molecule has 2 aromatic carbocycles. The summed E-state index contributed by atoms with van der Waals surface area (Å²) in [7, 11) is 0. The van der Waals surface area contributed by atoms with Crippen LogP contribution in [0.15, 0.2) is 24.3 Å². The second-order valence-electron chi connectivity index (χ2n) is 8.15. The van der Waals surface area contributed by atoms with Gasteiger partial charge in [-0.25, -0.2) is 0 Å². The third-order valence-electron chi connectivity index (χ3n) is 6.50. The maximum absolute atomic E-state index is 5.93. The standard InChI is InChI=1S/C24H25NO4/c1-2-3-4-5-18-23-16(6-7-20-24(23)29-14-26-20)10-19-17-12-22-21(27-13-28-22)11-15(17)8-9-25(18)19/h6-7,10-12,18H,2-5,8-9,13-14H2,1H3. The minimum Gasteiger partial charge on any atom is -0.454 e. The van der Waals surface area contributed by atoms with E-state index >= 15 is 0 Å². The van der Waals surface area contributed by atoms with Gasteiger partial charge in [0.05, 0.1) is 6.04 Å². The third-order valence-corrected chi connectivity index (χ3v) is 6.50. The van der Waals surface area contributed by atoms with Crippen molar-refractivity contribution in [1.82, 2.24) is 4.90 Å². The first-order valence-electron chi connectivity index (χ1n) is 10.7. The highest BCUT2D eigenvalue weighted by molar-refractivity contribution is 5.88. The third kappa shape index (κ3) is 2.60. The SMILES string of the molecule is CCCCCC1c2c(ccc3c2OCO3)C=C2c3cc4c(cc3CCN21)OCO4. The van der Waals surface area contributed by atoms with Gasteiger partial charge in [0.15, 0.2) is 23.0 Å². The van der Waals surface area contributed by atoms with Crippen molar-refractivity contribution in [3.63, 3.8) is 0 Å². The van der Waals surface area contributed by atoms with Gasteiger partial charge in [0.1, 0.15) is 0 Å². The van der Waals surface area contributed by atoms with Crippen LogP contribution in [0.4, 0.5) is 0 Å². The van der Waals surface area contributed by atoms with Crippen molar-refractivity contribution in [2.75, 3.05) is 20.1 Å². The Hall–Kier alpha value is -2.82. The van der Waals surface area contributed by atoms with E-state index in [2.05, 4.69) is 36.1 Å². The molecule has 5 nitrogen and oxygen atoms in total. The lowest BCUT2D eigenvalue weighted by molar-refractivity contribution is 0.170. The van der Waals surface area contributed by atoms with E-state index in [1.54, 1.807) is 0 Å². The Bertz CT molecular complexity index is 1010. The number of rotatable bonds is 4. The molecule has 0 fully saturated rings. The molecule has 6 rings (SSSR count). The van der Waals surface area contributed by atoms with Gasteiger partial charge in [0.2, 0.25) is 13.6 Å². The normalized spacial score (nSPS) is 20.1. The number of hydrogen-bond acceptors (Lipinski definition) is 5. The summed E-state index contributed by atoms with van der Waals surface area (Å²) >= 11 is 0. The van der Waals surface area contributed by atoms with Gasteiger partial charge in [-0.15, -0.1) is 0 Å². The molecule has 0 saturated carbocycles. The lowest BCUT2D eigenvalue weighted by Crippen LogP contribution is -2.35. The molecule has 150 valence electrons. The van der Waals surface area contributed by atoms with Crippen LogP contribution in [0.1, 0.15) is 60.9 Å². The van der Waals surface area contributed by atoms with Crippen molar-refractivity contribution in [3.05, 3.63) is 46.5 Å². The first kappa shape index (κ1) is 17.1. The van der Waals surface area contributed by atoms with Crippen molar-refractivity contribution < 1.29 is 18.9 Å². The highest BCUT2D eigenvalue weighted by Crippen LogP contribution is 2.52. The molecule has 1 atom stereocenters. The molecule has 0 radical (unpaired) electrons. The zero-order chi connectivity index (χ0) is 19.4. The molecule has 4 aliphatic rings. The summed E-state index contributed by atoms with van der Waals surface area (Å²) in [5.41, 5.74) is 6.44. The number of nitrogens with zero attached hydrogens (tertiary/aromatic N) is 1. The largest absolute Gasteiger partial charge is 0.454 e. The van der Waals surface area contributed by atoms with Crippen LogP contribution in [0.25, 0.3) is 11.8 Å². The summed E-state index contributed by atoms with van der Waals surface area (Å²) in [6.45, 7) is 3.89. The molecule has 0 aromatic heterocycles. The summed E-state index contributed by atoms with van der Waals surface area (Å²) < 4.78 is 22.9. The van der Waals surface area contributed by atoms with Gasteiger partial charge in [-0.1, -0.05) is 32.3 Å². The summed E-state index contributed by atoms with van der Waals surface area (Å²) in [5, 5.41) is 0.